The van der Waals surface area contributed by atoms with Crippen LogP contribution in [0.15, 0.2) is 18.2 Å². The first-order valence-electron chi connectivity index (χ1n) is 6.31. The Bertz CT molecular complexity index is 445. The van der Waals surface area contributed by atoms with Crippen LogP contribution in [0.1, 0.15) is 18.4 Å². The minimum Gasteiger partial charge on any atom is -0.382 e. The van der Waals surface area contributed by atoms with Gasteiger partial charge in [-0.3, -0.25) is 0 Å². The summed E-state index contributed by atoms with van der Waals surface area (Å²) in [7, 11) is 2.13. The molecule has 0 spiro atoms. The number of benzene rings is 1. The van der Waals surface area contributed by atoms with Crippen LogP contribution in [-0.2, 0) is 0 Å². The maximum absolute atomic E-state index is 13.6. The Morgan fingerprint density at radius 2 is 2.17 bits per heavy atom. The van der Waals surface area contributed by atoms with Crippen molar-refractivity contribution in [2.45, 2.75) is 12.8 Å². The first-order valence-corrected chi connectivity index (χ1v) is 6.31. The predicted molar refractivity (Wildman–Crippen MR) is 69.8 cm³/mol. The van der Waals surface area contributed by atoms with Gasteiger partial charge in [-0.05, 0) is 57.1 Å². The van der Waals surface area contributed by atoms with Gasteiger partial charge in [-0.25, -0.2) is 4.39 Å². The number of hydrogen-bond acceptors (Lipinski definition) is 3. The van der Waals surface area contributed by atoms with E-state index in [1.807, 2.05) is 6.07 Å². The Kier molecular flexibility index (Phi) is 4.16. The molecular formula is C14H18FN3. The molecule has 0 atom stereocenters. The molecule has 1 N–H and O–H groups in total. The molecule has 1 fully saturated rings. The standard InChI is InChI=1S/C14H18FN3/c1-18-6-4-11(5-7-18)10-17-14-3-2-12(9-16)8-13(14)15/h2-3,8,11,17H,4-7,10H2,1H3. The van der Waals surface area contributed by atoms with Gasteiger partial charge in [0.1, 0.15) is 5.82 Å². The summed E-state index contributed by atoms with van der Waals surface area (Å²) < 4.78 is 13.6. The van der Waals surface area contributed by atoms with Crippen LogP contribution >= 0.6 is 0 Å². The van der Waals surface area contributed by atoms with E-state index in [9.17, 15) is 4.39 Å². The quantitative estimate of drug-likeness (QED) is 0.891. The summed E-state index contributed by atoms with van der Waals surface area (Å²) in [6, 6.07) is 6.49. The SMILES string of the molecule is CN1CCC(CNc2ccc(C#N)cc2F)CC1. The average molecular weight is 247 g/mol. The van der Waals surface area contributed by atoms with Crippen LogP contribution in [0.4, 0.5) is 10.1 Å². The highest BCUT2D eigenvalue weighted by molar-refractivity contribution is 5.48. The Morgan fingerprint density at radius 1 is 1.44 bits per heavy atom. The average Bonchev–Trinajstić information content (AvgIpc) is 2.39. The van der Waals surface area contributed by atoms with Crippen molar-refractivity contribution in [2.24, 2.45) is 5.92 Å². The van der Waals surface area contributed by atoms with Crippen molar-refractivity contribution in [3.8, 4) is 6.07 Å². The molecule has 0 bridgehead atoms. The molecule has 1 aliphatic heterocycles. The smallest absolute Gasteiger partial charge is 0.147 e. The maximum Gasteiger partial charge on any atom is 0.147 e. The first kappa shape index (κ1) is 12.8. The maximum atomic E-state index is 13.6. The molecule has 3 nitrogen and oxygen atoms in total. The summed E-state index contributed by atoms with van der Waals surface area (Å²) in [5.41, 5.74) is 0.852. The molecule has 1 saturated heterocycles. The number of nitrogens with zero attached hydrogens (tertiary/aromatic N) is 2. The number of nitriles is 1. The van der Waals surface area contributed by atoms with Crippen molar-refractivity contribution in [1.82, 2.24) is 4.90 Å². The molecular weight excluding hydrogens is 229 g/mol. The van der Waals surface area contributed by atoms with Crippen molar-refractivity contribution in [2.75, 3.05) is 32.0 Å². The number of piperidine rings is 1. The third-order valence-corrected chi connectivity index (χ3v) is 3.52. The summed E-state index contributed by atoms with van der Waals surface area (Å²) in [5, 5.41) is 11.8. The van der Waals surface area contributed by atoms with Crippen LogP contribution in [0.5, 0.6) is 0 Å². The summed E-state index contributed by atoms with van der Waals surface area (Å²) >= 11 is 0. The molecule has 2 rings (SSSR count). The van der Waals surface area contributed by atoms with Gasteiger partial charge in [0.2, 0.25) is 0 Å². The third kappa shape index (κ3) is 3.21. The van der Waals surface area contributed by atoms with Gasteiger partial charge in [0.05, 0.1) is 17.3 Å². The van der Waals surface area contributed by atoms with Crippen LogP contribution in [-0.4, -0.2) is 31.6 Å². The van der Waals surface area contributed by atoms with Crippen molar-refractivity contribution < 1.29 is 4.39 Å². The lowest BCUT2D eigenvalue weighted by molar-refractivity contribution is 0.226. The lowest BCUT2D eigenvalue weighted by Gasteiger charge is -2.29. The summed E-state index contributed by atoms with van der Waals surface area (Å²) in [5.74, 6) is 0.262. The van der Waals surface area contributed by atoms with Gasteiger partial charge in [-0.2, -0.15) is 5.26 Å². The van der Waals surface area contributed by atoms with Crippen LogP contribution < -0.4 is 5.32 Å². The summed E-state index contributed by atoms with van der Waals surface area (Å²) in [4.78, 5) is 2.32. The number of rotatable bonds is 3. The van der Waals surface area contributed by atoms with E-state index in [0.717, 1.165) is 32.5 Å². The lowest BCUT2D eigenvalue weighted by Crippen LogP contribution is -2.33. The predicted octanol–water partition coefficient (Wildman–Crippen LogP) is 2.45. The highest BCUT2D eigenvalue weighted by Gasteiger charge is 2.16. The van der Waals surface area contributed by atoms with E-state index in [2.05, 4.69) is 17.3 Å². The molecule has 1 aromatic carbocycles. The van der Waals surface area contributed by atoms with Crippen molar-refractivity contribution in [3.63, 3.8) is 0 Å². The van der Waals surface area contributed by atoms with E-state index in [-0.39, 0.29) is 5.82 Å². The molecule has 0 aromatic heterocycles. The number of halogens is 1. The van der Waals surface area contributed by atoms with Gasteiger partial charge < -0.3 is 10.2 Å². The van der Waals surface area contributed by atoms with E-state index in [1.165, 1.54) is 6.07 Å². The minimum atomic E-state index is -0.345. The van der Waals surface area contributed by atoms with E-state index in [1.54, 1.807) is 12.1 Å². The zero-order valence-corrected chi connectivity index (χ0v) is 10.6. The Balaban J connectivity index is 1.89. The molecule has 0 aliphatic carbocycles. The van der Waals surface area contributed by atoms with Crippen LogP contribution in [0, 0.1) is 23.1 Å². The fraction of sp³-hybridized carbons (Fsp3) is 0.500. The molecule has 0 radical (unpaired) electrons. The Hall–Kier alpha value is -1.60. The zero-order valence-electron chi connectivity index (χ0n) is 10.6. The second-order valence-corrected chi connectivity index (χ2v) is 4.93. The van der Waals surface area contributed by atoms with Gasteiger partial charge in [0.25, 0.3) is 0 Å². The molecule has 0 unspecified atom stereocenters. The summed E-state index contributed by atoms with van der Waals surface area (Å²) in [6.45, 7) is 3.03. The molecule has 1 heterocycles. The van der Waals surface area contributed by atoms with Gasteiger partial charge >= 0.3 is 0 Å². The van der Waals surface area contributed by atoms with Crippen molar-refractivity contribution in [3.05, 3.63) is 29.6 Å². The fourth-order valence-electron chi connectivity index (χ4n) is 2.25. The van der Waals surface area contributed by atoms with Gasteiger partial charge in [0, 0.05) is 6.54 Å². The molecule has 0 amide bonds. The Labute approximate surface area is 107 Å². The Morgan fingerprint density at radius 3 is 2.78 bits per heavy atom. The molecule has 0 saturated carbocycles. The topological polar surface area (TPSA) is 39.1 Å². The molecule has 18 heavy (non-hydrogen) atoms. The fourth-order valence-corrected chi connectivity index (χ4v) is 2.25. The third-order valence-electron chi connectivity index (χ3n) is 3.52. The molecule has 4 heteroatoms. The van der Waals surface area contributed by atoms with Crippen LogP contribution in [0.3, 0.4) is 0 Å². The molecule has 1 aromatic rings. The van der Waals surface area contributed by atoms with Crippen molar-refractivity contribution in [1.29, 1.82) is 5.26 Å². The van der Waals surface area contributed by atoms with E-state index < -0.39 is 0 Å². The second-order valence-electron chi connectivity index (χ2n) is 4.93. The number of anilines is 1. The highest BCUT2D eigenvalue weighted by atomic mass is 19.1. The zero-order chi connectivity index (χ0) is 13.0. The van der Waals surface area contributed by atoms with Crippen LogP contribution in [0.2, 0.25) is 0 Å². The van der Waals surface area contributed by atoms with Gasteiger partial charge in [-0.1, -0.05) is 0 Å². The monoisotopic (exact) mass is 247 g/mol. The van der Waals surface area contributed by atoms with Crippen molar-refractivity contribution >= 4 is 5.69 Å². The molecule has 96 valence electrons. The lowest BCUT2D eigenvalue weighted by atomic mass is 9.97. The highest BCUT2D eigenvalue weighted by Crippen LogP contribution is 2.19. The van der Waals surface area contributed by atoms with E-state index in [0.29, 0.717) is 17.2 Å². The molecule has 1 aliphatic rings. The number of likely N-dealkylation sites (tertiary alicyclic amines) is 1. The van der Waals surface area contributed by atoms with Gasteiger partial charge in [-0.15, -0.1) is 0 Å². The van der Waals surface area contributed by atoms with Crippen LogP contribution in [0.25, 0.3) is 0 Å². The van der Waals surface area contributed by atoms with E-state index in [4.69, 9.17) is 5.26 Å². The number of hydrogen-bond donors (Lipinski definition) is 1. The second kappa shape index (κ2) is 5.83. The summed E-state index contributed by atoms with van der Waals surface area (Å²) in [6.07, 6.45) is 2.31. The largest absolute Gasteiger partial charge is 0.382 e. The minimum absolute atomic E-state index is 0.345. The van der Waals surface area contributed by atoms with Gasteiger partial charge in [0.15, 0.2) is 0 Å². The number of nitrogens with one attached hydrogen (secondary N) is 1. The first-order chi connectivity index (χ1) is 8.69. The normalized spacial score (nSPS) is 17.4. The van der Waals surface area contributed by atoms with E-state index >= 15 is 0 Å².